The van der Waals surface area contributed by atoms with Crippen molar-refractivity contribution in [2.24, 2.45) is 0 Å². The lowest BCUT2D eigenvalue weighted by Gasteiger charge is -2.25. The predicted molar refractivity (Wildman–Crippen MR) is 266 cm³/mol. The lowest BCUT2D eigenvalue weighted by atomic mass is 9.95. The number of para-hydroxylation sites is 1. The predicted octanol–water partition coefficient (Wildman–Crippen LogP) is 14.4. The van der Waals surface area contributed by atoms with Crippen molar-refractivity contribution in [1.82, 2.24) is 0 Å². The molecule has 302 valence electrons. The van der Waals surface area contributed by atoms with Gasteiger partial charge in [-0.15, -0.1) is 0 Å². The number of anilines is 2. The Labute approximate surface area is 364 Å². The molecule has 8 aromatic rings. The van der Waals surface area contributed by atoms with Gasteiger partial charge in [-0.1, -0.05) is 165 Å². The molecule has 0 amide bonds. The Balaban J connectivity index is 1.01. The summed E-state index contributed by atoms with van der Waals surface area (Å²) in [4.78, 5) is 2.37. The second-order valence-corrected chi connectivity index (χ2v) is 15.6. The largest absolute Gasteiger partial charge is 0.457 e. The molecule has 9 rings (SSSR count). The first-order valence-corrected chi connectivity index (χ1v) is 21.4. The highest BCUT2D eigenvalue weighted by molar-refractivity contribution is 6.09. The molecule has 1 aliphatic carbocycles. The first-order valence-electron chi connectivity index (χ1n) is 21.4. The minimum absolute atomic E-state index is 0.672. The number of hydrogen-bond donors (Lipinski definition) is 0. The maximum atomic E-state index is 6.22. The van der Waals surface area contributed by atoms with E-state index in [9.17, 15) is 0 Å². The van der Waals surface area contributed by atoms with Gasteiger partial charge in [-0.05, 0) is 125 Å². The second kappa shape index (κ2) is 18.3. The van der Waals surface area contributed by atoms with Crippen LogP contribution in [0.3, 0.4) is 0 Å². The minimum Gasteiger partial charge on any atom is -0.457 e. The zero-order valence-corrected chi connectivity index (χ0v) is 35.1. The van der Waals surface area contributed by atoms with E-state index < -0.39 is 0 Å². The monoisotopic (exact) mass is 803 g/mol. The molecule has 0 radical (unpaired) electrons. The minimum atomic E-state index is 0.672. The summed E-state index contributed by atoms with van der Waals surface area (Å²) in [6.45, 7) is 10.9. The zero-order valence-electron chi connectivity index (χ0n) is 35.1. The maximum Gasteiger partial charge on any atom is 0.135 e. The topological polar surface area (TPSA) is 29.5 Å². The number of hydrogen-bond acceptors (Lipinski definition) is 3. The molecule has 2 aromatic heterocycles. The number of furan rings is 2. The van der Waals surface area contributed by atoms with Crippen LogP contribution in [0.2, 0.25) is 0 Å². The maximum absolute atomic E-state index is 6.22. The molecule has 1 aliphatic rings. The lowest BCUT2D eigenvalue weighted by molar-refractivity contribution is 0.577. The lowest BCUT2D eigenvalue weighted by Crippen LogP contribution is -2.17. The van der Waals surface area contributed by atoms with Gasteiger partial charge in [-0.25, -0.2) is 0 Å². The third-order valence-corrected chi connectivity index (χ3v) is 11.5. The van der Waals surface area contributed by atoms with Gasteiger partial charge in [-0.2, -0.15) is 0 Å². The van der Waals surface area contributed by atoms with Crippen LogP contribution < -0.4 is 15.5 Å². The molecular weight excluding hydrogens is 755 g/mol. The molecule has 0 saturated carbocycles. The Morgan fingerprint density at radius 1 is 0.726 bits per heavy atom. The van der Waals surface area contributed by atoms with Crippen LogP contribution in [0.5, 0.6) is 0 Å². The van der Waals surface area contributed by atoms with Crippen molar-refractivity contribution in [2.75, 3.05) is 11.4 Å². The third-order valence-electron chi connectivity index (χ3n) is 11.5. The van der Waals surface area contributed by atoms with Gasteiger partial charge in [0.1, 0.15) is 22.3 Å². The first-order chi connectivity index (χ1) is 30.6. The van der Waals surface area contributed by atoms with Crippen molar-refractivity contribution < 1.29 is 8.83 Å². The molecule has 62 heavy (non-hydrogen) atoms. The summed E-state index contributed by atoms with van der Waals surface area (Å²) in [7, 11) is 0. The summed E-state index contributed by atoms with van der Waals surface area (Å²) in [5, 5.41) is 5.81. The van der Waals surface area contributed by atoms with E-state index >= 15 is 0 Å². The highest BCUT2D eigenvalue weighted by Crippen LogP contribution is 2.37. The number of nitrogens with zero attached hydrogens (tertiary/aromatic N) is 1. The van der Waals surface area contributed by atoms with Crippen LogP contribution in [-0.4, -0.2) is 6.54 Å². The van der Waals surface area contributed by atoms with Crippen LogP contribution in [0.25, 0.3) is 68.7 Å². The molecule has 0 aliphatic heterocycles. The Bertz CT molecular complexity index is 3220. The van der Waals surface area contributed by atoms with Crippen molar-refractivity contribution >= 4 is 80.0 Å². The number of allylic oxidation sites excluding steroid dienone is 10. The summed E-state index contributed by atoms with van der Waals surface area (Å²) < 4.78 is 12.1. The van der Waals surface area contributed by atoms with Gasteiger partial charge in [-0.3, -0.25) is 0 Å². The molecular formula is C59H49NO2. The average Bonchev–Trinajstić information content (AvgIpc) is 3.86. The van der Waals surface area contributed by atoms with Gasteiger partial charge in [0, 0.05) is 39.5 Å². The van der Waals surface area contributed by atoms with E-state index in [0.29, 0.717) is 12.0 Å². The molecule has 0 spiro atoms. The van der Waals surface area contributed by atoms with Crippen molar-refractivity contribution in [3.05, 3.63) is 239 Å². The van der Waals surface area contributed by atoms with E-state index in [1.807, 2.05) is 30.3 Å². The van der Waals surface area contributed by atoms with Crippen LogP contribution in [-0.2, 0) is 12.8 Å². The second-order valence-electron chi connectivity index (χ2n) is 15.6. The Hall–Kier alpha value is -7.62. The van der Waals surface area contributed by atoms with E-state index in [2.05, 4.69) is 201 Å². The Kier molecular flexibility index (Phi) is 11.8. The normalized spacial score (nSPS) is 13.7. The van der Waals surface area contributed by atoms with Gasteiger partial charge in [0.2, 0.25) is 0 Å². The molecule has 0 saturated heterocycles. The smallest absolute Gasteiger partial charge is 0.135 e. The highest BCUT2D eigenvalue weighted by Gasteiger charge is 2.17. The molecule has 3 heteroatoms. The van der Waals surface area contributed by atoms with Gasteiger partial charge in [0.25, 0.3) is 0 Å². The molecule has 0 N–H and O–H groups in total. The van der Waals surface area contributed by atoms with E-state index in [1.165, 1.54) is 27.3 Å². The fourth-order valence-electron chi connectivity index (χ4n) is 8.51. The zero-order chi connectivity index (χ0) is 42.3. The molecule has 6 aromatic carbocycles. The fraction of sp³-hybridized carbons (Fsp3) is 0.0847. The van der Waals surface area contributed by atoms with Crippen LogP contribution >= 0.6 is 0 Å². The number of fused-ring (bicyclic) bond motifs is 6. The summed E-state index contributed by atoms with van der Waals surface area (Å²) >= 11 is 0. The Morgan fingerprint density at radius 3 is 2.42 bits per heavy atom. The average molecular weight is 804 g/mol. The standard InChI is InChI=1S/C59H49NO2/c1-4-17-45(46-21-7-6-8-22-46)23-16-38-60(51-24-15-20-43(41-51)19-9-10-25-52-42(3)61-56-28-13-11-26-54(52)56)50-34-31-47(32-35-50)48(18-5-2)39-44-30-36-53-49(40-44)33-37-58-59(53)55-27-12-14-29-57(55)62-58/h4-11,13-18,20-26,28-37,39-41H,1,3,12,19,27,38H2,2H3/b10-9-,18-5-,23-16-,45-17+,48-39+,52-25+. The molecule has 2 heterocycles. The number of benzene rings is 6. The van der Waals surface area contributed by atoms with Gasteiger partial charge >= 0.3 is 0 Å². The summed E-state index contributed by atoms with van der Waals surface area (Å²) in [5.74, 6) is 1.00. The van der Waals surface area contributed by atoms with Gasteiger partial charge in [0.05, 0.1) is 0 Å². The van der Waals surface area contributed by atoms with Crippen LogP contribution in [0.4, 0.5) is 11.4 Å². The van der Waals surface area contributed by atoms with Crippen LogP contribution in [0.1, 0.15) is 46.9 Å². The molecule has 0 fully saturated rings. The van der Waals surface area contributed by atoms with Crippen LogP contribution in [0, 0.1) is 0 Å². The molecule has 0 atom stereocenters. The number of aryl methyl sites for hydroxylation is 1. The van der Waals surface area contributed by atoms with Crippen molar-refractivity contribution in [3.63, 3.8) is 0 Å². The third kappa shape index (κ3) is 8.52. The van der Waals surface area contributed by atoms with Crippen LogP contribution in [0.15, 0.2) is 204 Å². The van der Waals surface area contributed by atoms with E-state index in [0.717, 1.165) is 86.0 Å². The first kappa shape index (κ1) is 39.8. The van der Waals surface area contributed by atoms with Crippen molar-refractivity contribution in [1.29, 1.82) is 0 Å². The van der Waals surface area contributed by atoms with Gasteiger partial charge in [0.15, 0.2) is 0 Å². The summed E-state index contributed by atoms with van der Waals surface area (Å²) in [6, 6.07) is 47.4. The van der Waals surface area contributed by atoms with Crippen molar-refractivity contribution in [2.45, 2.75) is 26.2 Å². The van der Waals surface area contributed by atoms with E-state index in [-0.39, 0.29) is 0 Å². The highest BCUT2D eigenvalue weighted by atomic mass is 16.3. The van der Waals surface area contributed by atoms with Crippen molar-refractivity contribution in [3.8, 4) is 0 Å². The number of rotatable bonds is 13. The SMILES string of the molecule is C=C/C=C(\C=C/CN(c1ccc(C(/C=C\C)=C/c2ccc3c(ccc4oc5c(c43)CCC=C5)c2)cc1)c1cccc(C/C=C\C=c2/c(=C)oc3ccccc23)c1)c1ccccc1. The van der Waals surface area contributed by atoms with Gasteiger partial charge < -0.3 is 13.7 Å². The molecule has 0 bridgehead atoms. The quantitative estimate of drug-likeness (QED) is 0.0859. The summed E-state index contributed by atoms with van der Waals surface area (Å²) in [6.07, 6.45) is 28.5. The molecule has 0 unspecified atom stereocenters. The summed E-state index contributed by atoms with van der Waals surface area (Å²) in [5.41, 5.74) is 13.0. The Morgan fingerprint density at radius 2 is 1.56 bits per heavy atom. The molecule has 3 nitrogen and oxygen atoms in total. The van der Waals surface area contributed by atoms with E-state index in [4.69, 9.17) is 8.83 Å². The fourth-order valence-corrected chi connectivity index (χ4v) is 8.51. The van der Waals surface area contributed by atoms with E-state index in [1.54, 1.807) is 0 Å².